The van der Waals surface area contributed by atoms with Gasteiger partial charge in [-0.3, -0.25) is 0 Å². The van der Waals surface area contributed by atoms with Gasteiger partial charge < -0.3 is 9.84 Å². The molecular weight excluding hydrogens is 248 g/mol. The second-order valence-corrected chi connectivity index (χ2v) is 7.10. The number of ether oxygens (including phenoxy) is 1. The minimum absolute atomic E-state index is 0.0515. The highest BCUT2D eigenvalue weighted by atomic mass is 16.5. The Morgan fingerprint density at radius 2 is 2.05 bits per heavy atom. The monoisotopic (exact) mass is 280 g/mol. The van der Waals surface area contributed by atoms with Gasteiger partial charge in [-0.15, -0.1) is 0 Å². The van der Waals surface area contributed by atoms with E-state index in [9.17, 15) is 5.11 Å². The Kier molecular flexibility index (Phi) is 5.30. The van der Waals surface area contributed by atoms with E-state index in [0.29, 0.717) is 23.9 Å². The Hall–Kier alpha value is -0.340. The molecule has 2 bridgehead atoms. The quantitative estimate of drug-likeness (QED) is 0.584. The van der Waals surface area contributed by atoms with Crippen LogP contribution in [0.1, 0.15) is 59.8 Å². The summed E-state index contributed by atoms with van der Waals surface area (Å²) in [6.45, 7) is 10.0. The van der Waals surface area contributed by atoms with Gasteiger partial charge in [0.15, 0.2) is 0 Å². The maximum absolute atomic E-state index is 9.94. The molecule has 2 aliphatic rings. The van der Waals surface area contributed by atoms with Crippen LogP contribution in [0.2, 0.25) is 0 Å². The van der Waals surface area contributed by atoms with E-state index in [-0.39, 0.29) is 12.0 Å². The molecule has 0 aromatic carbocycles. The van der Waals surface area contributed by atoms with E-state index < -0.39 is 0 Å². The first-order chi connectivity index (χ1) is 9.56. The molecule has 0 unspecified atom stereocenters. The van der Waals surface area contributed by atoms with Crippen molar-refractivity contribution in [2.75, 3.05) is 13.2 Å². The van der Waals surface area contributed by atoms with Gasteiger partial charge in [-0.1, -0.05) is 58.1 Å². The number of allylic oxidation sites excluding steroid dienone is 1. The lowest BCUT2D eigenvalue weighted by Crippen LogP contribution is -2.56. The summed E-state index contributed by atoms with van der Waals surface area (Å²) in [5, 5.41) is 9.94. The van der Waals surface area contributed by atoms with Crippen molar-refractivity contribution in [3.8, 4) is 0 Å². The first-order valence-corrected chi connectivity index (χ1v) is 8.47. The van der Waals surface area contributed by atoms with Crippen molar-refractivity contribution >= 4 is 0 Å². The number of fused-ring (bicyclic) bond motifs is 2. The van der Waals surface area contributed by atoms with Crippen LogP contribution >= 0.6 is 0 Å². The molecule has 0 aromatic rings. The van der Waals surface area contributed by atoms with E-state index >= 15 is 0 Å². The zero-order valence-corrected chi connectivity index (χ0v) is 13.7. The Bertz CT molecular complexity index is 349. The van der Waals surface area contributed by atoms with Crippen LogP contribution in [-0.2, 0) is 4.74 Å². The molecule has 0 saturated carbocycles. The Morgan fingerprint density at radius 1 is 1.30 bits per heavy atom. The van der Waals surface area contributed by atoms with Gasteiger partial charge >= 0.3 is 0 Å². The predicted molar refractivity (Wildman–Crippen MR) is 83.6 cm³/mol. The number of unbranched alkanes of at least 4 members (excludes halogenated alkanes) is 3. The van der Waals surface area contributed by atoms with E-state index in [4.69, 9.17) is 4.74 Å². The standard InChI is InChI=1S/C18H32O2/c1-5-6-7-8-9-16-17-13(2)10-14(3)18(11-19,12-20-16)15(17)4/h10,14-17,19H,5-9,11-12H2,1-4H3/t14-,15-,16-,17+,18+/m0/s1. The van der Waals surface area contributed by atoms with Gasteiger partial charge in [0.2, 0.25) is 0 Å². The number of rotatable bonds is 6. The molecule has 1 saturated heterocycles. The summed E-state index contributed by atoms with van der Waals surface area (Å²) in [5.74, 6) is 1.45. The summed E-state index contributed by atoms with van der Waals surface area (Å²) < 4.78 is 6.23. The third-order valence-electron chi connectivity index (χ3n) is 5.99. The predicted octanol–water partition coefficient (Wildman–Crippen LogP) is 4.18. The van der Waals surface area contributed by atoms with Crippen molar-refractivity contribution < 1.29 is 9.84 Å². The third kappa shape index (κ3) is 2.69. The minimum Gasteiger partial charge on any atom is -0.396 e. The van der Waals surface area contributed by atoms with Crippen molar-refractivity contribution in [1.29, 1.82) is 0 Å². The second kappa shape index (κ2) is 6.62. The molecule has 0 radical (unpaired) electrons. The summed E-state index contributed by atoms with van der Waals surface area (Å²) in [5.41, 5.74) is 1.43. The average Bonchev–Trinajstić information content (AvgIpc) is 2.42. The number of hydrogen-bond donors (Lipinski definition) is 1. The highest BCUT2D eigenvalue weighted by Crippen LogP contribution is 2.52. The lowest BCUT2D eigenvalue weighted by Gasteiger charge is -2.55. The second-order valence-electron chi connectivity index (χ2n) is 7.10. The molecule has 2 heteroatoms. The third-order valence-corrected chi connectivity index (χ3v) is 5.99. The zero-order chi connectivity index (χ0) is 14.8. The average molecular weight is 280 g/mol. The number of aliphatic hydroxyl groups is 1. The molecule has 0 aromatic heterocycles. The summed E-state index contributed by atoms with van der Waals surface area (Å²) in [7, 11) is 0. The SMILES string of the molecule is CCCCCC[C@@H]1OC[C@]2(CO)[C@@H](C)C=C(C)[C@@H]1[C@@H]2C. The van der Waals surface area contributed by atoms with Crippen LogP contribution in [-0.4, -0.2) is 24.4 Å². The topological polar surface area (TPSA) is 29.5 Å². The fraction of sp³-hybridized carbons (Fsp3) is 0.889. The molecule has 5 atom stereocenters. The fourth-order valence-electron chi connectivity index (χ4n) is 4.45. The first kappa shape index (κ1) is 16.0. The van der Waals surface area contributed by atoms with Crippen molar-refractivity contribution in [3.05, 3.63) is 11.6 Å². The van der Waals surface area contributed by atoms with Crippen molar-refractivity contribution in [1.82, 2.24) is 0 Å². The largest absolute Gasteiger partial charge is 0.396 e. The van der Waals surface area contributed by atoms with Crippen LogP contribution in [0.5, 0.6) is 0 Å². The molecule has 0 amide bonds. The molecule has 20 heavy (non-hydrogen) atoms. The van der Waals surface area contributed by atoms with Gasteiger partial charge in [-0.25, -0.2) is 0 Å². The molecule has 1 heterocycles. The number of aliphatic hydroxyl groups excluding tert-OH is 1. The van der Waals surface area contributed by atoms with Crippen LogP contribution in [0, 0.1) is 23.2 Å². The molecule has 2 rings (SSSR count). The lowest BCUT2D eigenvalue weighted by atomic mass is 9.56. The van der Waals surface area contributed by atoms with Crippen molar-refractivity contribution in [2.45, 2.75) is 65.9 Å². The van der Waals surface area contributed by atoms with Gasteiger partial charge in [0, 0.05) is 11.3 Å². The molecule has 1 N–H and O–H groups in total. The summed E-state index contributed by atoms with van der Waals surface area (Å²) in [6, 6.07) is 0. The smallest absolute Gasteiger partial charge is 0.0643 e. The van der Waals surface area contributed by atoms with Crippen LogP contribution in [0.3, 0.4) is 0 Å². The Balaban J connectivity index is 2.08. The Morgan fingerprint density at radius 3 is 2.70 bits per heavy atom. The van der Waals surface area contributed by atoms with Gasteiger partial charge in [-0.2, -0.15) is 0 Å². The van der Waals surface area contributed by atoms with Crippen LogP contribution in [0.25, 0.3) is 0 Å². The molecule has 0 spiro atoms. The first-order valence-electron chi connectivity index (χ1n) is 8.47. The molecule has 1 fully saturated rings. The van der Waals surface area contributed by atoms with Crippen LogP contribution in [0.15, 0.2) is 11.6 Å². The normalized spacial score (nSPS) is 40.5. The van der Waals surface area contributed by atoms with Crippen LogP contribution < -0.4 is 0 Å². The van der Waals surface area contributed by atoms with E-state index in [2.05, 4.69) is 33.8 Å². The lowest BCUT2D eigenvalue weighted by molar-refractivity contribution is -0.164. The van der Waals surface area contributed by atoms with Gasteiger partial charge in [0.05, 0.1) is 19.3 Å². The summed E-state index contributed by atoms with van der Waals surface area (Å²) in [6.07, 6.45) is 9.15. The Labute approximate surface area is 124 Å². The molecule has 1 aliphatic carbocycles. The van der Waals surface area contributed by atoms with Crippen molar-refractivity contribution in [3.63, 3.8) is 0 Å². The zero-order valence-electron chi connectivity index (χ0n) is 13.7. The molecule has 116 valence electrons. The van der Waals surface area contributed by atoms with Crippen molar-refractivity contribution in [2.24, 2.45) is 23.2 Å². The number of hydrogen-bond acceptors (Lipinski definition) is 2. The van der Waals surface area contributed by atoms with E-state index in [0.717, 1.165) is 6.61 Å². The maximum atomic E-state index is 9.94. The van der Waals surface area contributed by atoms with Gasteiger partial charge in [0.1, 0.15) is 0 Å². The van der Waals surface area contributed by atoms with Gasteiger partial charge in [-0.05, 0) is 25.2 Å². The molecule has 2 nitrogen and oxygen atoms in total. The summed E-state index contributed by atoms with van der Waals surface area (Å²) in [4.78, 5) is 0. The fourth-order valence-corrected chi connectivity index (χ4v) is 4.45. The van der Waals surface area contributed by atoms with Crippen LogP contribution in [0.4, 0.5) is 0 Å². The van der Waals surface area contributed by atoms with E-state index in [1.807, 2.05) is 0 Å². The maximum Gasteiger partial charge on any atom is 0.0643 e. The highest BCUT2D eigenvalue weighted by molar-refractivity contribution is 5.20. The minimum atomic E-state index is -0.0515. The molecular formula is C18H32O2. The molecule has 1 aliphatic heterocycles. The van der Waals surface area contributed by atoms with E-state index in [1.54, 1.807) is 0 Å². The highest BCUT2D eigenvalue weighted by Gasteiger charge is 2.52. The summed E-state index contributed by atoms with van der Waals surface area (Å²) >= 11 is 0. The van der Waals surface area contributed by atoms with Gasteiger partial charge in [0.25, 0.3) is 0 Å². The van der Waals surface area contributed by atoms with E-state index in [1.165, 1.54) is 37.7 Å².